The van der Waals surface area contributed by atoms with Gasteiger partial charge in [-0.15, -0.1) is 0 Å². The van der Waals surface area contributed by atoms with Crippen LogP contribution in [0, 0.1) is 0 Å². The Balaban J connectivity index is 2.82. The summed E-state index contributed by atoms with van der Waals surface area (Å²) in [6, 6.07) is 1.14. The van der Waals surface area contributed by atoms with E-state index in [4.69, 9.17) is 5.11 Å². The first-order valence-corrected chi connectivity index (χ1v) is 6.47. The molecule has 94 valence electrons. The molecule has 3 N–H and O–H groups in total. The standard InChI is InChI=1S/C10H15N3O3S/c1-6(14)4-11-10(16)7-3-9(15)13-8(12-7)5-17-2/h3,6,14H,4-5H2,1-2H3,(H,11,16)(H,12,13,15). The number of aliphatic hydroxyl groups is 1. The van der Waals surface area contributed by atoms with Crippen molar-refractivity contribution in [1.29, 1.82) is 0 Å². The maximum Gasteiger partial charge on any atom is 0.270 e. The van der Waals surface area contributed by atoms with Gasteiger partial charge >= 0.3 is 0 Å². The Hall–Kier alpha value is -1.34. The topological polar surface area (TPSA) is 95.1 Å². The van der Waals surface area contributed by atoms with Crippen molar-refractivity contribution < 1.29 is 9.90 Å². The van der Waals surface area contributed by atoms with Crippen LogP contribution in [0.25, 0.3) is 0 Å². The smallest absolute Gasteiger partial charge is 0.270 e. The SMILES string of the molecule is CSCc1nc(C(=O)NCC(C)O)cc(=O)[nH]1. The van der Waals surface area contributed by atoms with Crippen molar-refractivity contribution in [3.05, 3.63) is 27.9 Å². The largest absolute Gasteiger partial charge is 0.392 e. The quantitative estimate of drug-likeness (QED) is 0.675. The van der Waals surface area contributed by atoms with Gasteiger partial charge in [0.25, 0.3) is 11.5 Å². The number of nitrogens with zero attached hydrogens (tertiary/aromatic N) is 1. The number of amides is 1. The van der Waals surface area contributed by atoms with Crippen LogP contribution in [-0.2, 0) is 5.75 Å². The van der Waals surface area contributed by atoms with Crippen LogP contribution in [0.15, 0.2) is 10.9 Å². The monoisotopic (exact) mass is 257 g/mol. The van der Waals surface area contributed by atoms with Crippen molar-refractivity contribution in [2.75, 3.05) is 12.8 Å². The van der Waals surface area contributed by atoms with E-state index >= 15 is 0 Å². The lowest BCUT2D eigenvalue weighted by Crippen LogP contribution is -2.32. The molecule has 1 atom stereocenters. The summed E-state index contributed by atoms with van der Waals surface area (Å²) in [7, 11) is 0. The van der Waals surface area contributed by atoms with Gasteiger partial charge in [0.05, 0.1) is 11.9 Å². The van der Waals surface area contributed by atoms with Gasteiger partial charge in [0.1, 0.15) is 11.5 Å². The average Bonchev–Trinajstić information content (AvgIpc) is 2.25. The lowest BCUT2D eigenvalue weighted by Gasteiger charge is -2.07. The lowest BCUT2D eigenvalue weighted by molar-refractivity contribution is 0.0918. The summed E-state index contributed by atoms with van der Waals surface area (Å²) < 4.78 is 0. The predicted molar refractivity (Wildman–Crippen MR) is 66.1 cm³/mol. The molecule has 1 aromatic rings. The third-order valence-corrected chi connectivity index (χ3v) is 2.42. The molecule has 0 spiro atoms. The van der Waals surface area contributed by atoms with Gasteiger partial charge in [0.15, 0.2) is 0 Å². The van der Waals surface area contributed by atoms with E-state index in [2.05, 4.69) is 15.3 Å². The second-order valence-electron chi connectivity index (χ2n) is 3.57. The zero-order valence-corrected chi connectivity index (χ0v) is 10.5. The molecular weight excluding hydrogens is 242 g/mol. The number of aliphatic hydroxyl groups excluding tert-OH is 1. The van der Waals surface area contributed by atoms with Gasteiger partial charge in [-0.05, 0) is 13.2 Å². The minimum atomic E-state index is -0.633. The van der Waals surface area contributed by atoms with E-state index in [0.29, 0.717) is 11.6 Å². The fourth-order valence-corrected chi connectivity index (χ4v) is 1.57. The first-order chi connectivity index (χ1) is 8.02. The Morgan fingerprint density at radius 1 is 1.71 bits per heavy atom. The van der Waals surface area contributed by atoms with Crippen LogP contribution in [0.4, 0.5) is 0 Å². The van der Waals surface area contributed by atoms with Crippen LogP contribution in [0.5, 0.6) is 0 Å². The minimum Gasteiger partial charge on any atom is -0.392 e. The molecule has 0 saturated carbocycles. The van der Waals surface area contributed by atoms with E-state index < -0.39 is 12.0 Å². The van der Waals surface area contributed by atoms with Gasteiger partial charge in [0, 0.05) is 12.6 Å². The summed E-state index contributed by atoms with van der Waals surface area (Å²) in [6.45, 7) is 1.69. The van der Waals surface area contributed by atoms with Crippen LogP contribution in [-0.4, -0.2) is 39.9 Å². The van der Waals surface area contributed by atoms with E-state index in [1.54, 1.807) is 6.92 Å². The van der Waals surface area contributed by atoms with Gasteiger partial charge in [0.2, 0.25) is 0 Å². The maximum absolute atomic E-state index is 11.6. The zero-order valence-electron chi connectivity index (χ0n) is 9.69. The molecule has 1 aromatic heterocycles. The minimum absolute atomic E-state index is 0.0680. The number of aromatic nitrogens is 2. The fourth-order valence-electron chi connectivity index (χ4n) is 1.16. The molecular formula is C10H15N3O3S. The molecule has 7 heteroatoms. The van der Waals surface area contributed by atoms with Gasteiger partial charge in [-0.2, -0.15) is 11.8 Å². The van der Waals surface area contributed by atoms with Crippen LogP contribution in [0.2, 0.25) is 0 Å². The van der Waals surface area contributed by atoms with Crippen LogP contribution < -0.4 is 10.9 Å². The van der Waals surface area contributed by atoms with Crippen molar-refractivity contribution in [3.8, 4) is 0 Å². The summed E-state index contributed by atoms with van der Waals surface area (Å²) in [5.74, 6) is 0.541. The van der Waals surface area contributed by atoms with Gasteiger partial charge in [-0.3, -0.25) is 9.59 Å². The van der Waals surface area contributed by atoms with Crippen molar-refractivity contribution >= 4 is 17.7 Å². The van der Waals surface area contributed by atoms with E-state index in [0.717, 1.165) is 6.07 Å². The van der Waals surface area contributed by atoms with Crippen molar-refractivity contribution in [2.24, 2.45) is 0 Å². The van der Waals surface area contributed by atoms with E-state index in [9.17, 15) is 9.59 Å². The summed E-state index contributed by atoms with van der Waals surface area (Å²) >= 11 is 1.50. The van der Waals surface area contributed by atoms with Crippen LogP contribution in [0.1, 0.15) is 23.2 Å². The molecule has 0 aliphatic rings. The molecule has 0 fully saturated rings. The summed E-state index contributed by atoms with van der Waals surface area (Å²) in [5, 5.41) is 11.5. The molecule has 0 saturated heterocycles. The molecule has 1 amide bonds. The molecule has 17 heavy (non-hydrogen) atoms. The van der Waals surface area contributed by atoms with Crippen molar-refractivity contribution in [1.82, 2.24) is 15.3 Å². The van der Waals surface area contributed by atoms with Gasteiger partial charge < -0.3 is 15.4 Å². The lowest BCUT2D eigenvalue weighted by atomic mass is 10.3. The third kappa shape index (κ3) is 4.58. The number of carbonyl (C=O) groups is 1. The van der Waals surface area contributed by atoms with Crippen LogP contribution >= 0.6 is 11.8 Å². The first-order valence-electron chi connectivity index (χ1n) is 5.08. The highest BCUT2D eigenvalue weighted by Crippen LogP contribution is 2.02. The number of hydrogen-bond donors (Lipinski definition) is 3. The number of H-pyrrole nitrogens is 1. The van der Waals surface area contributed by atoms with E-state index in [-0.39, 0.29) is 17.8 Å². The first kappa shape index (κ1) is 13.7. The molecule has 6 nitrogen and oxygen atoms in total. The number of aromatic amines is 1. The summed E-state index contributed by atoms with van der Waals surface area (Å²) in [4.78, 5) is 29.5. The van der Waals surface area contributed by atoms with Crippen LogP contribution in [0.3, 0.4) is 0 Å². The molecule has 0 bridgehead atoms. The summed E-state index contributed by atoms with van der Waals surface area (Å²) in [5.41, 5.74) is -0.287. The Bertz CT molecular complexity index is 445. The molecule has 1 heterocycles. The molecule has 1 unspecified atom stereocenters. The second-order valence-corrected chi connectivity index (χ2v) is 4.44. The Morgan fingerprint density at radius 3 is 3.00 bits per heavy atom. The number of thioether (sulfide) groups is 1. The highest BCUT2D eigenvalue weighted by Gasteiger charge is 2.10. The highest BCUT2D eigenvalue weighted by atomic mass is 32.2. The Labute approximate surface area is 103 Å². The maximum atomic E-state index is 11.6. The second kappa shape index (κ2) is 6.41. The molecule has 0 aromatic carbocycles. The average molecular weight is 257 g/mol. The highest BCUT2D eigenvalue weighted by molar-refractivity contribution is 7.97. The number of rotatable bonds is 5. The number of nitrogens with one attached hydrogen (secondary N) is 2. The Kier molecular flexibility index (Phi) is 5.17. The number of hydrogen-bond acceptors (Lipinski definition) is 5. The zero-order chi connectivity index (χ0) is 12.8. The molecule has 0 aliphatic carbocycles. The summed E-state index contributed by atoms with van der Waals surface area (Å²) in [6.07, 6.45) is 1.24. The predicted octanol–water partition coefficient (Wildman–Crippen LogP) is -0.257. The Morgan fingerprint density at radius 2 is 2.41 bits per heavy atom. The fraction of sp³-hybridized carbons (Fsp3) is 0.500. The molecule has 0 aliphatic heterocycles. The third-order valence-electron chi connectivity index (χ3n) is 1.86. The van der Waals surface area contributed by atoms with Gasteiger partial charge in [-0.1, -0.05) is 0 Å². The van der Waals surface area contributed by atoms with Crippen molar-refractivity contribution in [2.45, 2.75) is 18.8 Å². The number of carbonyl (C=O) groups excluding carboxylic acids is 1. The van der Waals surface area contributed by atoms with E-state index in [1.807, 2.05) is 6.26 Å². The van der Waals surface area contributed by atoms with E-state index in [1.165, 1.54) is 11.8 Å². The molecule has 1 rings (SSSR count). The van der Waals surface area contributed by atoms with Gasteiger partial charge in [-0.25, -0.2) is 4.98 Å². The molecule has 0 radical (unpaired) electrons. The van der Waals surface area contributed by atoms with Crippen molar-refractivity contribution in [3.63, 3.8) is 0 Å². The normalized spacial score (nSPS) is 12.2.